The number of alkyl halides is 3. The van der Waals surface area contributed by atoms with Crippen LogP contribution in [0.2, 0.25) is 10.2 Å². The molecule has 0 amide bonds. The molecule has 3 aromatic rings. The summed E-state index contributed by atoms with van der Waals surface area (Å²) >= 11 is 11.8. The molecule has 0 fully saturated rings. The Labute approximate surface area is 149 Å². The van der Waals surface area contributed by atoms with Gasteiger partial charge in [0, 0.05) is 17.1 Å². The fourth-order valence-corrected chi connectivity index (χ4v) is 2.84. The van der Waals surface area contributed by atoms with Crippen LogP contribution in [0.5, 0.6) is 0 Å². The minimum atomic E-state index is -4.60. The van der Waals surface area contributed by atoms with Crippen molar-refractivity contribution in [1.29, 1.82) is 0 Å². The summed E-state index contributed by atoms with van der Waals surface area (Å²) in [6.07, 6.45) is 1.25. The van der Waals surface area contributed by atoms with Crippen molar-refractivity contribution in [1.82, 2.24) is 14.8 Å². The molecule has 9 heteroatoms. The van der Waals surface area contributed by atoms with Gasteiger partial charge in [0.05, 0.1) is 21.8 Å². The fourth-order valence-electron chi connectivity index (χ4n) is 2.33. The van der Waals surface area contributed by atoms with Crippen molar-refractivity contribution >= 4 is 34.1 Å². The first-order chi connectivity index (χ1) is 11.7. The zero-order valence-corrected chi connectivity index (χ0v) is 13.7. The van der Waals surface area contributed by atoms with Gasteiger partial charge in [0.1, 0.15) is 12.4 Å². The molecular weight excluding hydrogens is 381 g/mol. The first-order valence-corrected chi connectivity index (χ1v) is 7.50. The zero-order valence-electron chi connectivity index (χ0n) is 12.2. The van der Waals surface area contributed by atoms with Gasteiger partial charge in [0.25, 0.3) is 0 Å². The lowest BCUT2D eigenvalue weighted by atomic mass is 10.1. The molecule has 128 valence electrons. The maximum atomic E-state index is 14.4. The summed E-state index contributed by atoms with van der Waals surface area (Å²) < 4.78 is 53.9. The van der Waals surface area contributed by atoms with Gasteiger partial charge in [0.2, 0.25) is 0 Å². The summed E-state index contributed by atoms with van der Waals surface area (Å²) in [7, 11) is 0. The molecule has 0 atom stereocenters. The van der Waals surface area contributed by atoms with Crippen LogP contribution in [0.4, 0.5) is 17.6 Å². The maximum Gasteiger partial charge on any atom is 0.417 e. The molecule has 2 aromatic heterocycles. The minimum Gasteiger partial charge on any atom is -0.254 e. The first-order valence-electron chi connectivity index (χ1n) is 6.74. The van der Waals surface area contributed by atoms with Crippen LogP contribution in [0.3, 0.4) is 0 Å². The van der Waals surface area contributed by atoms with Gasteiger partial charge < -0.3 is 0 Å². The highest BCUT2D eigenvalue weighted by Crippen LogP contribution is 2.36. The highest BCUT2D eigenvalue weighted by Gasteiger charge is 2.32. The van der Waals surface area contributed by atoms with Gasteiger partial charge in [-0.25, -0.2) is 4.39 Å². The number of halogens is 6. The molecule has 0 saturated heterocycles. The third-order valence-electron chi connectivity index (χ3n) is 3.46. The number of hydrogen-bond acceptors (Lipinski definition) is 2. The Kier molecular flexibility index (Phi) is 4.35. The number of aromatic nitrogens is 3. The van der Waals surface area contributed by atoms with Gasteiger partial charge in [-0.15, -0.1) is 6.42 Å². The predicted molar refractivity (Wildman–Crippen MR) is 86.8 cm³/mol. The average molecular weight is 388 g/mol. The molecule has 0 spiro atoms. The van der Waals surface area contributed by atoms with Crippen LogP contribution in [0, 0.1) is 18.2 Å². The van der Waals surface area contributed by atoms with Crippen molar-refractivity contribution in [2.45, 2.75) is 12.7 Å². The van der Waals surface area contributed by atoms with Crippen LogP contribution < -0.4 is 0 Å². The molecule has 0 radical (unpaired) electrons. The van der Waals surface area contributed by atoms with Crippen LogP contribution in [0.15, 0.2) is 24.4 Å². The summed E-state index contributed by atoms with van der Waals surface area (Å²) in [4.78, 5) is 3.67. The van der Waals surface area contributed by atoms with E-state index in [-0.39, 0.29) is 28.0 Å². The Hall–Kier alpha value is -2.30. The summed E-state index contributed by atoms with van der Waals surface area (Å²) in [5, 5.41) is 4.04. The van der Waals surface area contributed by atoms with Crippen molar-refractivity contribution in [3.8, 4) is 23.6 Å². The van der Waals surface area contributed by atoms with Crippen LogP contribution in [0.1, 0.15) is 5.56 Å². The third kappa shape index (κ3) is 3.15. The van der Waals surface area contributed by atoms with Crippen LogP contribution in [-0.2, 0) is 12.7 Å². The second-order valence-corrected chi connectivity index (χ2v) is 5.82. The van der Waals surface area contributed by atoms with E-state index in [1.807, 2.05) is 0 Å². The van der Waals surface area contributed by atoms with Gasteiger partial charge in [-0.3, -0.25) is 9.67 Å². The Morgan fingerprint density at radius 2 is 1.92 bits per heavy atom. The van der Waals surface area contributed by atoms with E-state index in [1.54, 1.807) is 0 Å². The first kappa shape index (κ1) is 17.5. The molecule has 0 N–H and O–H groups in total. The SMILES string of the molecule is C#CCn1nc(Cl)c2cc(F)c(-c3ncc(C(F)(F)F)cc3Cl)cc21. The van der Waals surface area contributed by atoms with E-state index in [0.29, 0.717) is 23.2 Å². The minimum absolute atomic E-state index is 0.0576. The van der Waals surface area contributed by atoms with Crippen molar-refractivity contribution < 1.29 is 17.6 Å². The highest BCUT2D eigenvalue weighted by molar-refractivity contribution is 6.34. The van der Waals surface area contributed by atoms with Gasteiger partial charge >= 0.3 is 6.18 Å². The standard InChI is InChI=1S/C16H7Cl2F4N3/c1-2-3-25-13-6-9(12(19)5-10(13)15(18)24-25)14-11(17)4-8(7-23-14)16(20,21)22/h1,4-7H,3H2. The van der Waals surface area contributed by atoms with Crippen LogP contribution >= 0.6 is 23.2 Å². The Bertz CT molecular complexity index is 1020. The number of terminal acetylenes is 1. The highest BCUT2D eigenvalue weighted by atomic mass is 35.5. The molecule has 2 heterocycles. The van der Waals surface area contributed by atoms with E-state index in [2.05, 4.69) is 16.0 Å². The van der Waals surface area contributed by atoms with E-state index < -0.39 is 17.6 Å². The van der Waals surface area contributed by atoms with E-state index in [1.165, 1.54) is 10.7 Å². The summed E-state index contributed by atoms with van der Waals surface area (Å²) in [6.45, 7) is 0.0858. The number of hydrogen-bond donors (Lipinski definition) is 0. The molecule has 0 aliphatic heterocycles. The Morgan fingerprint density at radius 1 is 1.20 bits per heavy atom. The molecule has 0 aliphatic rings. The summed E-state index contributed by atoms with van der Waals surface area (Å²) in [5.74, 6) is 1.63. The molecule has 1 aromatic carbocycles. The number of benzene rings is 1. The second-order valence-electron chi connectivity index (χ2n) is 5.05. The molecule has 0 aliphatic carbocycles. The van der Waals surface area contributed by atoms with Crippen molar-refractivity contribution in [3.05, 3.63) is 46.0 Å². The Balaban J connectivity index is 2.21. The van der Waals surface area contributed by atoms with Crippen LogP contribution in [-0.4, -0.2) is 14.8 Å². The molecule has 3 rings (SSSR count). The topological polar surface area (TPSA) is 30.7 Å². The maximum absolute atomic E-state index is 14.4. The van der Waals surface area contributed by atoms with E-state index >= 15 is 0 Å². The molecular formula is C16H7Cl2F4N3. The molecule has 25 heavy (non-hydrogen) atoms. The van der Waals surface area contributed by atoms with E-state index in [0.717, 1.165) is 6.07 Å². The second kappa shape index (κ2) is 6.21. The quantitative estimate of drug-likeness (QED) is 0.447. The number of fused-ring (bicyclic) bond motifs is 1. The number of nitrogens with zero attached hydrogens (tertiary/aromatic N) is 3. The lowest BCUT2D eigenvalue weighted by Crippen LogP contribution is -2.06. The molecule has 3 nitrogen and oxygen atoms in total. The molecule has 0 unspecified atom stereocenters. The van der Waals surface area contributed by atoms with Gasteiger partial charge in [-0.1, -0.05) is 29.1 Å². The van der Waals surface area contributed by atoms with Crippen molar-refractivity contribution in [2.24, 2.45) is 0 Å². The summed E-state index contributed by atoms with van der Waals surface area (Å²) in [6, 6.07) is 3.16. The van der Waals surface area contributed by atoms with E-state index in [4.69, 9.17) is 29.6 Å². The monoisotopic (exact) mass is 387 g/mol. The predicted octanol–water partition coefficient (Wildman–Crippen LogP) is 5.20. The fraction of sp³-hybridized carbons (Fsp3) is 0.125. The molecule has 0 saturated carbocycles. The largest absolute Gasteiger partial charge is 0.417 e. The van der Waals surface area contributed by atoms with Crippen LogP contribution in [0.25, 0.3) is 22.2 Å². The molecule has 0 bridgehead atoms. The van der Waals surface area contributed by atoms with Crippen molar-refractivity contribution in [3.63, 3.8) is 0 Å². The lowest BCUT2D eigenvalue weighted by Gasteiger charge is -2.10. The zero-order chi connectivity index (χ0) is 18.4. The lowest BCUT2D eigenvalue weighted by molar-refractivity contribution is -0.137. The average Bonchev–Trinajstić information content (AvgIpc) is 2.82. The Morgan fingerprint density at radius 3 is 2.52 bits per heavy atom. The van der Waals surface area contributed by atoms with E-state index in [9.17, 15) is 17.6 Å². The summed E-state index contributed by atoms with van der Waals surface area (Å²) in [5.41, 5.74) is -0.819. The normalized spacial score (nSPS) is 11.7. The van der Waals surface area contributed by atoms with Gasteiger partial charge in [0.15, 0.2) is 5.15 Å². The van der Waals surface area contributed by atoms with Gasteiger partial charge in [-0.05, 0) is 18.2 Å². The van der Waals surface area contributed by atoms with Crippen molar-refractivity contribution in [2.75, 3.05) is 0 Å². The smallest absolute Gasteiger partial charge is 0.254 e. The number of rotatable bonds is 2. The van der Waals surface area contributed by atoms with Gasteiger partial charge in [-0.2, -0.15) is 18.3 Å². The number of pyridine rings is 1. The third-order valence-corrected chi connectivity index (χ3v) is 4.03.